The number of Topliss-reactive ketones (excluding diaryl/α,β-unsaturated/α-hetero) is 1. The van der Waals surface area contributed by atoms with Crippen LogP contribution in [0, 0.1) is 5.82 Å². The van der Waals surface area contributed by atoms with Gasteiger partial charge in [-0.05, 0) is 42.0 Å². The van der Waals surface area contributed by atoms with Gasteiger partial charge in [0.25, 0.3) is 5.91 Å². The third kappa shape index (κ3) is 4.58. The largest absolute Gasteiger partial charge is 0.493 e. The van der Waals surface area contributed by atoms with Gasteiger partial charge < -0.3 is 19.1 Å². The summed E-state index contributed by atoms with van der Waals surface area (Å²) in [4.78, 5) is 40.3. The van der Waals surface area contributed by atoms with Crippen LogP contribution in [0.3, 0.4) is 0 Å². The molecule has 0 radical (unpaired) electrons. The van der Waals surface area contributed by atoms with Gasteiger partial charge in [-0.3, -0.25) is 19.3 Å². The first kappa shape index (κ1) is 22.5. The molecular formula is C24H23FN2O6. The molecule has 33 heavy (non-hydrogen) atoms. The lowest BCUT2D eigenvalue weighted by Gasteiger charge is -2.26. The molecule has 2 heterocycles. The second-order valence-corrected chi connectivity index (χ2v) is 7.57. The molecule has 2 aromatic carbocycles. The van der Waals surface area contributed by atoms with Crippen molar-refractivity contribution in [2.45, 2.75) is 6.92 Å². The minimum atomic E-state index is -0.538. The van der Waals surface area contributed by atoms with Gasteiger partial charge in [0.2, 0.25) is 11.7 Å². The summed E-state index contributed by atoms with van der Waals surface area (Å²) >= 11 is 0. The van der Waals surface area contributed by atoms with E-state index < -0.39 is 11.7 Å². The Bertz CT molecular complexity index is 1140. The number of fused-ring (bicyclic) bond motifs is 1. The van der Waals surface area contributed by atoms with Crippen molar-refractivity contribution in [3.05, 3.63) is 59.0 Å². The predicted octanol–water partition coefficient (Wildman–Crippen LogP) is 2.66. The number of allylic oxidation sites excluding steroid dienone is 1. The van der Waals surface area contributed by atoms with E-state index in [1.807, 2.05) is 0 Å². The van der Waals surface area contributed by atoms with Crippen molar-refractivity contribution in [2.75, 3.05) is 44.9 Å². The number of anilines is 1. The standard InChI is InChI=1S/C24H23FN2O6/c1-15(28)27-19-13-17(25)4-5-18(19)24(30)20(27)11-16-3-6-21(22(12-16)31-2)33-14-23(29)26-7-9-32-10-8-26/h3-6,11-13H,7-10,14H2,1-2H3. The highest BCUT2D eigenvalue weighted by Crippen LogP contribution is 2.37. The Balaban J connectivity index is 1.56. The molecule has 4 rings (SSSR count). The monoisotopic (exact) mass is 454 g/mol. The number of rotatable bonds is 5. The van der Waals surface area contributed by atoms with Crippen LogP contribution in [0.2, 0.25) is 0 Å². The molecule has 0 saturated carbocycles. The Morgan fingerprint density at radius 3 is 2.58 bits per heavy atom. The van der Waals surface area contributed by atoms with Crippen LogP contribution in [-0.2, 0) is 14.3 Å². The molecule has 2 amide bonds. The zero-order chi connectivity index (χ0) is 23.5. The number of ketones is 1. The van der Waals surface area contributed by atoms with Gasteiger partial charge in [-0.1, -0.05) is 6.07 Å². The molecule has 172 valence electrons. The van der Waals surface area contributed by atoms with E-state index >= 15 is 0 Å². The number of morpholine rings is 1. The topological polar surface area (TPSA) is 85.4 Å². The highest BCUT2D eigenvalue weighted by atomic mass is 19.1. The Hall–Kier alpha value is -3.72. The summed E-state index contributed by atoms with van der Waals surface area (Å²) in [5, 5.41) is 0. The summed E-state index contributed by atoms with van der Waals surface area (Å²) in [7, 11) is 1.46. The average molecular weight is 454 g/mol. The average Bonchev–Trinajstić information content (AvgIpc) is 3.09. The molecule has 0 spiro atoms. The second kappa shape index (κ2) is 9.41. The number of hydrogen-bond donors (Lipinski definition) is 0. The van der Waals surface area contributed by atoms with E-state index in [-0.39, 0.29) is 35.2 Å². The number of carbonyl (C=O) groups is 3. The molecule has 0 N–H and O–H groups in total. The summed E-state index contributed by atoms with van der Waals surface area (Å²) in [5.74, 6) is -0.743. The summed E-state index contributed by atoms with van der Waals surface area (Å²) in [5.41, 5.74) is 1.15. The Kier molecular flexibility index (Phi) is 6.41. The molecule has 0 aliphatic carbocycles. The van der Waals surface area contributed by atoms with Gasteiger partial charge in [-0.25, -0.2) is 4.39 Å². The van der Waals surface area contributed by atoms with E-state index in [0.29, 0.717) is 43.4 Å². The van der Waals surface area contributed by atoms with Gasteiger partial charge in [0.05, 0.1) is 31.7 Å². The molecule has 0 aromatic heterocycles. The number of carbonyl (C=O) groups excluding carboxylic acids is 3. The minimum absolute atomic E-state index is 0.112. The normalized spacial score (nSPS) is 16.7. The summed E-state index contributed by atoms with van der Waals surface area (Å²) in [6, 6.07) is 8.66. The number of hydrogen-bond acceptors (Lipinski definition) is 6. The summed E-state index contributed by atoms with van der Waals surface area (Å²) in [6.07, 6.45) is 1.53. The molecule has 2 aliphatic rings. The van der Waals surface area contributed by atoms with E-state index in [2.05, 4.69) is 0 Å². The highest BCUT2D eigenvalue weighted by molar-refractivity contribution is 6.26. The molecule has 1 fully saturated rings. The van der Waals surface area contributed by atoms with E-state index in [4.69, 9.17) is 14.2 Å². The van der Waals surface area contributed by atoms with Crippen LogP contribution < -0.4 is 14.4 Å². The fourth-order valence-corrected chi connectivity index (χ4v) is 3.82. The van der Waals surface area contributed by atoms with Crippen LogP contribution in [0.1, 0.15) is 22.8 Å². The van der Waals surface area contributed by atoms with E-state index in [1.54, 1.807) is 23.1 Å². The lowest BCUT2D eigenvalue weighted by molar-refractivity contribution is -0.137. The van der Waals surface area contributed by atoms with Gasteiger partial charge in [0.15, 0.2) is 18.1 Å². The van der Waals surface area contributed by atoms with E-state index in [9.17, 15) is 18.8 Å². The summed E-state index contributed by atoms with van der Waals surface area (Å²) in [6.45, 7) is 3.23. The first-order valence-corrected chi connectivity index (χ1v) is 10.4. The number of benzene rings is 2. The van der Waals surface area contributed by atoms with Crippen LogP contribution in [0.25, 0.3) is 6.08 Å². The fraction of sp³-hybridized carbons (Fsp3) is 0.292. The maximum atomic E-state index is 13.7. The SMILES string of the molecule is COc1cc(C=C2C(=O)c3ccc(F)cc3N2C(C)=O)ccc1OCC(=O)N1CCOCC1. The summed E-state index contributed by atoms with van der Waals surface area (Å²) < 4.78 is 30.0. The van der Waals surface area contributed by atoms with Gasteiger partial charge in [-0.2, -0.15) is 0 Å². The Labute approximate surface area is 190 Å². The number of nitrogens with zero attached hydrogens (tertiary/aromatic N) is 2. The smallest absolute Gasteiger partial charge is 0.260 e. The van der Waals surface area contributed by atoms with Crippen LogP contribution in [0.15, 0.2) is 42.1 Å². The molecule has 8 nitrogen and oxygen atoms in total. The van der Waals surface area contributed by atoms with Gasteiger partial charge in [0.1, 0.15) is 5.82 Å². The van der Waals surface area contributed by atoms with Gasteiger partial charge in [-0.15, -0.1) is 0 Å². The van der Waals surface area contributed by atoms with Crippen molar-refractivity contribution >= 4 is 29.4 Å². The van der Waals surface area contributed by atoms with Crippen LogP contribution in [-0.4, -0.2) is 62.5 Å². The van der Waals surface area contributed by atoms with Crippen molar-refractivity contribution in [3.63, 3.8) is 0 Å². The van der Waals surface area contributed by atoms with Gasteiger partial charge >= 0.3 is 0 Å². The zero-order valence-electron chi connectivity index (χ0n) is 18.3. The van der Waals surface area contributed by atoms with E-state index in [1.165, 1.54) is 43.2 Å². The minimum Gasteiger partial charge on any atom is -0.493 e. The maximum absolute atomic E-state index is 13.7. The fourth-order valence-electron chi connectivity index (χ4n) is 3.82. The molecule has 1 saturated heterocycles. The molecule has 2 aromatic rings. The van der Waals surface area contributed by atoms with Crippen molar-refractivity contribution in [2.24, 2.45) is 0 Å². The van der Waals surface area contributed by atoms with Crippen molar-refractivity contribution in [3.8, 4) is 11.5 Å². The molecule has 0 unspecified atom stereocenters. The van der Waals surface area contributed by atoms with Crippen LogP contribution in [0.5, 0.6) is 11.5 Å². The number of halogens is 1. The number of amides is 2. The molecule has 0 atom stereocenters. The third-order valence-electron chi connectivity index (χ3n) is 5.44. The molecule has 2 aliphatic heterocycles. The zero-order valence-corrected chi connectivity index (χ0v) is 18.3. The van der Waals surface area contributed by atoms with Crippen LogP contribution >= 0.6 is 0 Å². The molecular weight excluding hydrogens is 431 g/mol. The van der Waals surface area contributed by atoms with Gasteiger partial charge in [0, 0.05) is 25.6 Å². The van der Waals surface area contributed by atoms with Crippen molar-refractivity contribution in [1.82, 2.24) is 4.90 Å². The first-order valence-electron chi connectivity index (χ1n) is 10.4. The van der Waals surface area contributed by atoms with E-state index in [0.717, 1.165) is 0 Å². The molecule has 9 heteroatoms. The third-order valence-corrected chi connectivity index (χ3v) is 5.44. The Morgan fingerprint density at radius 2 is 1.88 bits per heavy atom. The number of ether oxygens (including phenoxy) is 3. The Morgan fingerprint density at radius 1 is 1.12 bits per heavy atom. The molecule has 0 bridgehead atoms. The lowest BCUT2D eigenvalue weighted by atomic mass is 10.1. The number of methoxy groups -OCH3 is 1. The van der Waals surface area contributed by atoms with Crippen molar-refractivity contribution < 1.29 is 33.0 Å². The quantitative estimate of drug-likeness (QED) is 0.646. The maximum Gasteiger partial charge on any atom is 0.260 e. The first-order chi connectivity index (χ1) is 15.9. The second-order valence-electron chi connectivity index (χ2n) is 7.57. The highest BCUT2D eigenvalue weighted by Gasteiger charge is 2.35. The predicted molar refractivity (Wildman–Crippen MR) is 118 cm³/mol. The van der Waals surface area contributed by atoms with Crippen LogP contribution in [0.4, 0.5) is 10.1 Å². The van der Waals surface area contributed by atoms with Crippen molar-refractivity contribution in [1.29, 1.82) is 0 Å². The lowest BCUT2D eigenvalue weighted by Crippen LogP contribution is -2.43.